The molecule has 17 heavy (non-hydrogen) atoms. The topological polar surface area (TPSA) is 62.2 Å². The van der Waals surface area contributed by atoms with Gasteiger partial charge in [0.2, 0.25) is 5.91 Å². The molecule has 1 heterocycles. The number of carbonyl (C=O) groups excluding carboxylic acids is 1. The Balaban J connectivity index is 2.46. The molecule has 0 spiro atoms. The van der Waals surface area contributed by atoms with E-state index in [4.69, 9.17) is 5.11 Å². The second-order valence-electron chi connectivity index (χ2n) is 5.02. The fourth-order valence-corrected chi connectivity index (χ4v) is 2.21. The van der Waals surface area contributed by atoms with Gasteiger partial charge in [0.05, 0.1) is 5.69 Å². The number of unbranched alkanes of at least 4 members (excludes halogenated alkanes) is 1. The van der Waals surface area contributed by atoms with Crippen molar-refractivity contribution in [3.63, 3.8) is 0 Å². The van der Waals surface area contributed by atoms with Crippen LogP contribution in [0.5, 0.6) is 0 Å². The van der Waals surface area contributed by atoms with E-state index in [9.17, 15) is 4.79 Å². The molecule has 1 aromatic heterocycles. The molecule has 0 aliphatic rings. The summed E-state index contributed by atoms with van der Waals surface area (Å²) in [4.78, 5) is 15.9. The van der Waals surface area contributed by atoms with Gasteiger partial charge in [0.25, 0.3) is 0 Å². The van der Waals surface area contributed by atoms with Crippen LogP contribution in [0.4, 0.5) is 5.13 Å². The van der Waals surface area contributed by atoms with Crippen LogP contribution in [0, 0.1) is 0 Å². The molecule has 0 fully saturated rings. The number of rotatable bonds is 5. The standard InChI is InChI=1S/C12H20N2O2S/c1-12(2,3)9-8-17-11(13-9)14-10(16)6-4-5-7-15/h8,15H,4-7H2,1-3H3,(H,13,14,16). The molecular formula is C12H20N2O2S. The molecule has 0 aromatic carbocycles. The lowest BCUT2D eigenvalue weighted by Crippen LogP contribution is -2.14. The fourth-order valence-electron chi connectivity index (χ4n) is 1.25. The van der Waals surface area contributed by atoms with Crippen LogP contribution in [0.25, 0.3) is 0 Å². The second-order valence-corrected chi connectivity index (χ2v) is 5.87. The van der Waals surface area contributed by atoms with Crippen LogP contribution in [0.1, 0.15) is 45.7 Å². The predicted octanol–water partition coefficient (Wildman–Crippen LogP) is 2.54. The zero-order valence-electron chi connectivity index (χ0n) is 10.6. The van der Waals surface area contributed by atoms with E-state index in [2.05, 4.69) is 31.1 Å². The zero-order chi connectivity index (χ0) is 12.9. The van der Waals surface area contributed by atoms with Crippen molar-refractivity contribution in [3.8, 4) is 0 Å². The van der Waals surface area contributed by atoms with Crippen LogP contribution >= 0.6 is 11.3 Å². The van der Waals surface area contributed by atoms with Gasteiger partial charge >= 0.3 is 0 Å². The van der Waals surface area contributed by atoms with E-state index in [0.717, 1.165) is 5.69 Å². The molecule has 2 N–H and O–H groups in total. The van der Waals surface area contributed by atoms with Gasteiger partial charge in [0.1, 0.15) is 0 Å². The molecule has 96 valence electrons. The molecule has 0 saturated heterocycles. The van der Waals surface area contributed by atoms with E-state index >= 15 is 0 Å². The lowest BCUT2D eigenvalue weighted by molar-refractivity contribution is -0.116. The average Bonchev–Trinajstić information content (AvgIpc) is 2.66. The van der Waals surface area contributed by atoms with Crippen molar-refractivity contribution < 1.29 is 9.90 Å². The van der Waals surface area contributed by atoms with Gasteiger partial charge in [-0.1, -0.05) is 20.8 Å². The SMILES string of the molecule is CC(C)(C)c1csc(NC(=O)CCCCO)n1. The number of hydrogen-bond donors (Lipinski definition) is 2. The monoisotopic (exact) mass is 256 g/mol. The molecule has 0 saturated carbocycles. The molecule has 0 aliphatic heterocycles. The van der Waals surface area contributed by atoms with Gasteiger partial charge in [-0.15, -0.1) is 11.3 Å². The molecule has 1 aromatic rings. The van der Waals surface area contributed by atoms with E-state index < -0.39 is 0 Å². The number of aliphatic hydroxyl groups is 1. The van der Waals surface area contributed by atoms with Crippen molar-refractivity contribution in [1.29, 1.82) is 0 Å². The first-order valence-corrected chi connectivity index (χ1v) is 6.68. The fraction of sp³-hybridized carbons (Fsp3) is 0.667. The Morgan fingerprint density at radius 1 is 1.47 bits per heavy atom. The maximum Gasteiger partial charge on any atom is 0.226 e. The van der Waals surface area contributed by atoms with Crippen molar-refractivity contribution in [2.24, 2.45) is 0 Å². The van der Waals surface area contributed by atoms with Gasteiger partial charge in [-0.05, 0) is 12.8 Å². The van der Waals surface area contributed by atoms with Crippen LogP contribution in [-0.4, -0.2) is 22.6 Å². The van der Waals surface area contributed by atoms with Crippen LogP contribution in [0.15, 0.2) is 5.38 Å². The maximum absolute atomic E-state index is 11.5. The molecule has 0 bridgehead atoms. The molecule has 0 unspecified atom stereocenters. The highest BCUT2D eigenvalue weighted by Crippen LogP contribution is 2.26. The Morgan fingerprint density at radius 2 is 2.18 bits per heavy atom. The van der Waals surface area contributed by atoms with Crippen molar-refractivity contribution in [2.75, 3.05) is 11.9 Å². The minimum Gasteiger partial charge on any atom is -0.396 e. The normalized spacial score (nSPS) is 11.5. The number of amides is 1. The van der Waals surface area contributed by atoms with Crippen LogP contribution in [-0.2, 0) is 10.2 Å². The largest absolute Gasteiger partial charge is 0.396 e. The van der Waals surface area contributed by atoms with E-state index in [1.165, 1.54) is 11.3 Å². The summed E-state index contributed by atoms with van der Waals surface area (Å²) in [7, 11) is 0. The first-order chi connectivity index (χ1) is 7.93. The smallest absolute Gasteiger partial charge is 0.226 e. The Bertz CT molecular complexity index is 369. The molecule has 1 rings (SSSR count). The van der Waals surface area contributed by atoms with Crippen LogP contribution in [0.3, 0.4) is 0 Å². The minimum absolute atomic E-state index is 0.0103. The number of nitrogens with one attached hydrogen (secondary N) is 1. The van der Waals surface area contributed by atoms with Gasteiger partial charge in [-0.2, -0.15) is 0 Å². The van der Waals surface area contributed by atoms with Crippen molar-refractivity contribution in [2.45, 2.75) is 45.4 Å². The zero-order valence-corrected chi connectivity index (χ0v) is 11.4. The number of hydrogen-bond acceptors (Lipinski definition) is 4. The van der Waals surface area contributed by atoms with Crippen molar-refractivity contribution in [1.82, 2.24) is 4.98 Å². The second kappa shape index (κ2) is 6.12. The maximum atomic E-state index is 11.5. The van der Waals surface area contributed by atoms with Gasteiger partial charge in [-0.3, -0.25) is 4.79 Å². The van der Waals surface area contributed by atoms with E-state index in [1.807, 2.05) is 5.38 Å². The predicted molar refractivity (Wildman–Crippen MR) is 70.4 cm³/mol. The van der Waals surface area contributed by atoms with E-state index in [-0.39, 0.29) is 17.9 Å². The summed E-state index contributed by atoms with van der Waals surface area (Å²) >= 11 is 1.45. The van der Waals surface area contributed by atoms with Crippen LogP contribution in [0.2, 0.25) is 0 Å². The average molecular weight is 256 g/mol. The summed E-state index contributed by atoms with van der Waals surface area (Å²) in [5.74, 6) is -0.0340. The highest BCUT2D eigenvalue weighted by molar-refractivity contribution is 7.13. The van der Waals surface area contributed by atoms with E-state index in [0.29, 0.717) is 24.4 Å². The van der Waals surface area contributed by atoms with Crippen LogP contribution < -0.4 is 5.32 Å². The number of thiazole rings is 1. The first-order valence-electron chi connectivity index (χ1n) is 5.80. The molecule has 0 atom stereocenters. The lowest BCUT2D eigenvalue weighted by Gasteiger charge is -2.14. The number of aliphatic hydroxyl groups excluding tert-OH is 1. The summed E-state index contributed by atoms with van der Waals surface area (Å²) in [5.41, 5.74) is 1.00. The van der Waals surface area contributed by atoms with E-state index in [1.54, 1.807) is 0 Å². The molecular weight excluding hydrogens is 236 g/mol. The molecule has 1 amide bonds. The summed E-state index contributed by atoms with van der Waals surface area (Å²) in [6.07, 6.45) is 1.81. The molecule has 0 radical (unpaired) electrons. The quantitative estimate of drug-likeness (QED) is 0.796. The third-order valence-corrected chi connectivity index (χ3v) is 3.09. The summed E-state index contributed by atoms with van der Waals surface area (Å²) in [5, 5.41) is 14.0. The first kappa shape index (κ1) is 14.1. The van der Waals surface area contributed by atoms with Gasteiger partial charge in [0.15, 0.2) is 5.13 Å². The third-order valence-electron chi connectivity index (χ3n) is 2.33. The Kier molecular flexibility index (Phi) is 5.08. The Labute approximate surface area is 106 Å². The highest BCUT2D eigenvalue weighted by atomic mass is 32.1. The lowest BCUT2D eigenvalue weighted by atomic mass is 9.93. The minimum atomic E-state index is -0.0340. The van der Waals surface area contributed by atoms with Gasteiger partial charge in [0, 0.05) is 23.8 Å². The summed E-state index contributed by atoms with van der Waals surface area (Å²) < 4.78 is 0. The van der Waals surface area contributed by atoms with Crippen molar-refractivity contribution in [3.05, 3.63) is 11.1 Å². The number of anilines is 1. The highest BCUT2D eigenvalue weighted by Gasteiger charge is 2.17. The number of aromatic nitrogens is 1. The summed E-state index contributed by atoms with van der Waals surface area (Å²) in [6.45, 7) is 6.41. The molecule has 5 heteroatoms. The number of nitrogens with zero attached hydrogens (tertiary/aromatic N) is 1. The van der Waals surface area contributed by atoms with Gasteiger partial charge in [-0.25, -0.2) is 4.98 Å². The third kappa shape index (κ3) is 4.83. The Hall–Kier alpha value is -0.940. The molecule has 0 aliphatic carbocycles. The number of carbonyl (C=O) groups is 1. The van der Waals surface area contributed by atoms with Gasteiger partial charge < -0.3 is 10.4 Å². The molecule has 4 nitrogen and oxygen atoms in total. The Morgan fingerprint density at radius 3 is 2.71 bits per heavy atom. The van der Waals surface area contributed by atoms with Crippen molar-refractivity contribution >= 4 is 22.4 Å². The summed E-state index contributed by atoms with van der Waals surface area (Å²) in [6, 6.07) is 0.